The molecule has 7 heteroatoms. The Morgan fingerprint density at radius 2 is 2.19 bits per heavy atom. The van der Waals surface area contributed by atoms with Gasteiger partial charge in [-0.05, 0) is 44.6 Å². The van der Waals surface area contributed by atoms with E-state index in [0.717, 1.165) is 6.07 Å². The second-order valence-corrected chi connectivity index (χ2v) is 5.22. The molecule has 16 heavy (non-hydrogen) atoms. The van der Waals surface area contributed by atoms with Crippen molar-refractivity contribution < 1.29 is 13.9 Å². The fraction of sp³-hybridized carbons (Fsp3) is 0.333. The van der Waals surface area contributed by atoms with Gasteiger partial charge in [0.25, 0.3) is 0 Å². The molecule has 1 rings (SSSR count). The third kappa shape index (κ3) is 3.41. The van der Waals surface area contributed by atoms with Crippen molar-refractivity contribution >= 4 is 55.8 Å². The van der Waals surface area contributed by atoms with Crippen LogP contribution in [-0.2, 0) is 0 Å². The molecule has 1 aromatic carbocycles. The zero-order chi connectivity index (χ0) is 12.3. The molecule has 0 aromatic heterocycles. The molecule has 0 saturated carbocycles. The minimum Gasteiger partial charge on any atom is -0.390 e. The highest BCUT2D eigenvalue weighted by molar-refractivity contribution is 14.1. The fourth-order valence-electron chi connectivity index (χ4n) is 0.984. The minimum atomic E-state index is -0.757. The van der Waals surface area contributed by atoms with Crippen LogP contribution in [0.15, 0.2) is 10.5 Å². The molecule has 1 unspecified atom stereocenters. The van der Waals surface area contributed by atoms with E-state index in [0.29, 0.717) is 5.69 Å². The molecule has 0 aliphatic carbocycles. The number of rotatable bonds is 4. The van der Waals surface area contributed by atoms with Crippen LogP contribution in [0, 0.1) is 15.2 Å². The molecule has 0 fully saturated rings. The van der Waals surface area contributed by atoms with Crippen molar-refractivity contribution in [1.82, 2.24) is 0 Å². The van der Waals surface area contributed by atoms with Gasteiger partial charge in [-0.3, -0.25) is 0 Å². The van der Waals surface area contributed by atoms with Crippen molar-refractivity contribution in [3.63, 3.8) is 0 Å². The standard InChI is InChI=1S/C9H8BrClF2INO/c10-7-5(12)1-6(9(14)8(7)13)15-3-4(16)2-11/h1,4,15-16H,2-3H2. The van der Waals surface area contributed by atoms with Gasteiger partial charge in [-0.1, -0.05) is 0 Å². The summed E-state index contributed by atoms with van der Waals surface area (Å²) in [5.41, 5.74) is 0.294. The Morgan fingerprint density at radius 3 is 2.75 bits per heavy atom. The summed E-state index contributed by atoms with van der Waals surface area (Å²) in [6.07, 6.45) is -0.757. The molecule has 0 bridgehead atoms. The smallest absolute Gasteiger partial charge is 0.155 e. The molecule has 0 heterocycles. The van der Waals surface area contributed by atoms with Gasteiger partial charge >= 0.3 is 0 Å². The van der Waals surface area contributed by atoms with E-state index >= 15 is 0 Å². The average Bonchev–Trinajstić information content (AvgIpc) is 2.28. The highest BCUT2D eigenvalue weighted by atomic mass is 127. The molecule has 0 aliphatic heterocycles. The Balaban J connectivity index is 2.89. The van der Waals surface area contributed by atoms with Gasteiger partial charge in [-0.25, -0.2) is 8.78 Å². The molecule has 90 valence electrons. The molecule has 2 N–H and O–H groups in total. The van der Waals surface area contributed by atoms with Crippen LogP contribution in [0.5, 0.6) is 0 Å². The van der Waals surface area contributed by atoms with Gasteiger partial charge in [0.05, 0.1) is 25.7 Å². The molecule has 0 radical (unpaired) electrons. The maximum absolute atomic E-state index is 13.4. The van der Waals surface area contributed by atoms with Crippen molar-refractivity contribution in [2.75, 3.05) is 17.7 Å². The maximum atomic E-state index is 13.4. The summed E-state index contributed by atoms with van der Waals surface area (Å²) in [5.74, 6) is -1.30. The third-order valence-corrected chi connectivity index (χ3v) is 3.95. The Morgan fingerprint density at radius 1 is 1.56 bits per heavy atom. The molecule has 2 nitrogen and oxygen atoms in total. The highest BCUT2D eigenvalue weighted by Gasteiger charge is 2.15. The van der Waals surface area contributed by atoms with Crippen LogP contribution < -0.4 is 5.32 Å². The van der Waals surface area contributed by atoms with Crippen molar-refractivity contribution in [2.45, 2.75) is 6.10 Å². The number of anilines is 1. The largest absolute Gasteiger partial charge is 0.390 e. The van der Waals surface area contributed by atoms with Gasteiger partial charge in [0.15, 0.2) is 5.82 Å². The lowest BCUT2D eigenvalue weighted by Gasteiger charge is -2.13. The van der Waals surface area contributed by atoms with Gasteiger partial charge in [0.2, 0.25) is 0 Å². The van der Waals surface area contributed by atoms with Crippen molar-refractivity contribution in [3.8, 4) is 0 Å². The summed E-state index contributed by atoms with van der Waals surface area (Å²) in [6.45, 7) is 0.139. The second kappa shape index (κ2) is 6.32. The molecular weight excluding hydrogens is 418 g/mol. The van der Waals surface area contributed by atoms with E-state index in [-0.39, 0.29) is 20.5 Å². The van der Waals surface area contributed by atoms with Gasteiger partial charge < -0.3 is 10.4 Å². The molecular formula is C9H8BrClF2INO. The lowest BCUT2D eigenvalue weighted by atomic mass is 10.3. The zero-order valence-electron chi connectivity index (χ0n) is 7.91. The Bertz CT molecular complexity index is 394. The minimum absolute atomic E-state index is 0.0606. The van der Waals surface area contributed by atoms with Crippen LogP contribution in [0.1, 0.15) is 0 Å². The Labute approximate surface area is 119 Å². The van der Waals surface area contributed by atoms with E-state index in [2.05, 4.69) is 21.2 Å². The van der Waals surface area contributed by atoms with Gasteiger partial charge in [-0.15, -0.1) is 11.6 Å². The van der Waals surface area contributed by atoms with Crippen LogP contribution in [0.2, 0.25) is 0 Å². The zero-order valence-corrected chi connectivity index (χ0v) is 12.4. The summed E-state index contributed by atoms with van der Waals surface area (Å²) < 4.78 is 26.7. The first kappa shape index (κ1) is 14.4. The van der Waals surface area contributed by atoms with E-state index in [1.807, 2.05) is 0 Å². The lowest BCUT2D eigenvalue weighted by Crippen LogP contribution is -2.21. The lowest BCUT2D eigenvalue weighted by molar-refractivity contribution is 0.211. The summed E-state index contributed by atoms with van der Waals surface area (Å²) in [6, 6.07) is 1.16. The molecule has 0 spiro atoms. The van der Waals surface area contributed by atoms with Crippen molar-refractivity contribution in [2.24, 2.45) is 0 Å². The van der Waals surface area contributed by atoms with Crippen LogP contribution in [0.3, 0.4) is 0 Å². The van der Waals surface area contributed by atoms with Crippen LogP contribution in [0.25, 0.3) is 0 Å². The monoisotopic (exact) mass is 425 g/mol. The normalized spacial score (nSPS) is 12.6. The number of aliphatic hydroxyl groups excluding tert-OH is 1. The number of hydrogen-bond donors (Lipinski definition) is 2. The highest BCUT2D eigenvalue weighted by Crippen LogP contribution is 2.30. The maximum Gasteiger partial charge on any atom is 0.155 e. The fourth-order valence-corrected chi connectivity index (χ4v) is 2.39. The van der Waals surface area contributed by atoms with E-state index in [4.69, 9.17) is 11.6 Å². The first-order valence-corrected chi connectivity index (χ1v) is 6.69. The molecule has 0 saturated heterocycles. The quantitative estimate of drug-likeness (QED) is 0.335. The third-order valence-electron chi connectivity index (χ3n) is 1.81. The van der Waals surface area contributed by atoms with E-state index in [9.17, 15) is 13.9 Å². The van der Waals surface area contributed by atoms with E-state index in [1.165, 1.54) is 0 Å². The number of alkyl halides is 1. The number of benzene rings is 1. The molecule has 0 aliphatic rings. The topological polar surface area (TPSA) is 32.3 Å². The van der Waals surface area contributed by atoms with Crippen molar-refractivity contribution in [3.05, 3.63) is 25.7 Å². The number of halogens is 5. The Kier molecular flexibility index (Phi) is 5.69. The number of aliphatic hydroxyl groups is 1. The summed E-state index contributed by atoms with van der Waals surface area (Å²) in [7, 11) is 0. The van der Waals surface area contributed by atoms with Gasteiger partial charge in [-0.2, -0.15) is 0 Å². The molecule has 0 amide bonds. The first-order valence-electron chi connectivity index (χ1n) is 4.28. The predicted molar refractivity (Wildman–Crippen MR) is 72.0 cm³/mol. The van der Waals surface area contributed by atoms with Crippen LogP contribution in [0.4, 0.5) is 14.5 Å². The molecule has 1 atom stereocenters. The number of hydrogen-bond acceptors (Lipinski definition) is 2. The van der Waals surface area contributed by atoms with Crippen LogP contribution in [-0.4, -0.2) is 23.6 Å². The van der Waals surface area contributed by atoms with E-state index < -0.39 is 17.7 Å². The first-order chi connectivity index (χ1) is 7.47. The van der Waals surface area contributed by atoms with Gasteiger partial charge in [0, 0.05) is 6.54 Å². The second-order valence-electron chi connectivity index (χ2n) is 3.04. The molecule has 1 aromatic rings. The Hall–Kier alpha value is 0.340. The summed E-state index contributed by atoms with van der Waals surface area (Å²) in [5, 5.41) is 11.9. The van der Waals surface area contributed by atoms with Crippen molar-refractivity contribution in [1.29, 1.82) is 0 Å². The number of nitrogens with one attached hydrogen (secondary N) is 1. The summed E-state index contributed by atoms with van der Waals surface area (Å²) in [4.78, 5) is 0. The predicted octanol–water partition coefficient (Wildman–Crippen LogP) is 3.34. The van der Waals surface area contributed by atoms with E-state index in [1.54, 1.807) is 22.6 Å². The van der Waals surface area contributed by atoms with Gasteiger partial charge in [0.1, 0.15) is 5.82 Å². The summed E-state index contributed by atoms with van der Waals surface area (Å²) >= 11 is 9.96. The average molecular weight is 426 g/mol. The SMILES string of the molecule is OC(CCl)CNc1cc(F)c(Br)c(F)c1I. The van der Waals surface area contributed by atoms with Crippen LogP contribution >= 0.6 is 50.1 Å².